The number of nitrogens with zero attached hydrogens (tertiary/aromatic N) is 2. The Bertz CT molecular complexity index is 2490. The molecule has 0 aliphatic carbocycles. The average Bonchev–Trinajstić information content (AvgIpc) is 3.82. The second-order valence-corrected chi connectivity index (χ2v) is 13.6. The van der Waals surface area contributed by atoms with Gasteiger partial charge in [0.05, 0.1) is 6.42 Å². The minimum atomic E-state index is -0.277. The highest BCUT2D eigenvalue weighted by atomic mass is 16.5. The molecule has 2 heterocycles. The number of aliphatic imine (C=N–C) groups is 2. The van der Waals surface area contributed by atoms with Crippen LogP contribution in [0.2, 0.25) is 0 Å². The molecule has 0 N–H and O–H groups in total. The summed E-state index contributed by atoms with van der Waals surface area (Å²) in [6.07, 6.45) is -0.178. The van der Waals surface area contributed by atoms with Crippen LogP contribution < -0.4 is 0 Å². The van der Waals surface area contributed by atoms with Crippen LogP contribution in [0.1, 0.15) is 53.0 Å². The maximum atomic E-state index is 6.82. The summed E-state index contributed by atoms with van der Waals surface area (Å²) >= 11 is 0. The van der Waals surface area contributed by atoms with E-state index in [4.69, 9.17) is 19.5 Å². The minimum Gasteiger partial charge on any atom is -0.470 e. The highest BCUT2D eigenvalue weighted by molar-refractivity contribution is 5.99. The predicted molar refractivity (Wildman–Crippen MR) is 208 cm³/mol. The van der Waals surface area contributed by atoms with Gasteiger partial charge in [0.25, 0.3) is 0 Å². The van der Waals surface area contributed by atoms with Crippen LogP contribution >= 0.6 is 0 Å². The number of rotatable bonds is 6. The molecule has 0 fully saturated rings. The van der Waals surface area contributed by atoms with Crippen molar-refractivity contribution in [1.29, 1.82) is 0 Å². The van der Waals surface area contributed by atoms with Gasteiger partial charge in [0, 0.05) is 0 Å². The molecule has 0 radical (unpaired) electrons. The van der Waals surface area contributed by atoms with Crippen LogP contribution in [0.4, 0.5) is 0 Å². The van der Waals surface area contributed by atoms with Crippen LogP contribution in [0.5, 0.6) is 0 Å². The molecule has 0 spiro atoms. The van der Waals surface area contributed by atoms with Gasteiger partial charge < -0.3 is 9.47 Å². The summed E-state index contributed by atoms with van der Waals surface area (Å²) in [4.78, 5) is 10.6. The summed E-state index contributed by atoms with van der Waals surface area (Å²) < 4.78 is 13.6. The van der Waals surface area contributed by atoms with Crippen molar-refractivity contribution in [2.45, 2.75) is 30.7 Å². The molecule has 4 heteroatoms. The van der Waals surface area contributed by atoms with E-state index < -0.39 is 0 Å². The maximum Gasteiger partial charge on any atom is 0.194 e. The third-order valence-electron chi connectivity index (χ3n) is 10.4. The molecule has 0 saturated carbocycles. The van der Waals surface area contributed by atoms with E-state index in [9.17, 15) is 0 Å². The molecule has 4 nitrogen and oxygen atoms in total. The van der Waals surface area contributed by atoms with Crippen molar-refractivity contribution < 1.29 is 9.47 Å². The first-order valence-corrected chi connectivity index (χ1v) is 17.6. The molecule has 8 aromatic rings. The van der Waals surface area contributed by atoms with E-state index in [0.29, 0.717) is 18.2 Å². The molecule has 0 saturated heterocycles. The number of hydrogen-bond acceptors (Lipinski definition) is 4. The maximum absolute atomic E-state index is 6.82. The summed E-state index contributed by atoms with van der Waals surface area (Å²) in [5.41, 5.74) is 4.45. The standard InChI is InChI=1S/C47H34N2O2/c1-5-13-34-25-38(21-17-30(34)9-1)44-46(40-23-19-32-11-3-7-15-36(32)27-40)50-42(48-44)29-43-49-45(39-22-18-31-10-2-6-14-35(31)26-39)47(51-43)41-24-20-33-12-4-8-16-37(33)28-41/h1-28,44-47H,29H2/t44-,45-,46+,47+/m0/s1. The molecule has 2 aliphatic heterocycles. The Hall–Kier alpha value is -6.26. The molecule has 10 rings (SSSR count). The van der Waals surface area contributed by atoms with Gasteiger partial charge in [0.2, 0.25) is 0 Å². The highest BCUT2D eigenvalue weighted by Crippen LogP contribution is 2.45. The fraction of sp³-hybridized carbons (Fsp3) is 0.106. The summed E-state index contributed by atoms with van der Waals surface area (Å²) in [5, 5.41) is 9.58. The van der Waals surface area contributed by atoms with E-state index >= 15 is 0 Å². The van der Waals surface area contributed by atoms with E-state index in [1.54, 1.807) is 0 Å². The summed E-state index contributed by atoms with van der Waals surface area (Å²) in [5.74, 6) is 1.28. The second-order valence-electron chi connectivity index (χ2n) is 13.6. The third kappa shape index (κ3) is 5.50. The largest absolute Gasteiger partial charge is 0.470 e. The van der Waals surface area contributed by atoms with Crippen molar-refractivity contribution in [3.8, 4) is 0 Å². The molecule has 0 unspecified atom stereocenters. The first-order valence-electron chi connectivity index (χ1n) is 17.6. The lowest BCUT2D eigenvalue weighted by molar-refractivity contribution is 0.183. The number of ether oxygens (including phenoxy) is 2. The average molecular weight is 659 g/mol. The molecule has 244 valence electrons. The third-order valence-corrected chi connectivity index (χ3v) is 10.4. The SMILES string of the molecule is c1ccc2cc([C@H]3OC(CC4=N[C@@H](c5ccc6ccccc6c5)[C@@H](c5ccc6ccccc6c5)O4)=N[C@H]3c3ccc4ccccc4c3)ccc2c1. The van der Waals surface area contributed by atoms with Crippen LogP contribution in [0.3, 0.4) is 0 Å². The zero-order chi connectivity index (χ0) is 33.7. The van der Waals surface area contributed by atoms with Gasteiger partial charge in [-0.2, -0.15) is 0 Å². The normalized spacial score (nSPS) is 20.0. The van der Waals surface area contributed by atoms with E-state index in [1.165, 1.54) is 43.1 Å². The Balaban J connectivity index is 1.02. The van der Waals surface area contributed by atoms with Crippen LogP contribution in [-0.2, 0) is 9.47 Å². The Kier molecular flexibility index (Phi) is 7.12. The van der Waals surface area contributed by atoms with Crippen molar-refractivity contribution in [2.24, 2.45) is 9.98 Å². The zero-order valence-electron chi connectivity index (χ0n) is 27.9. The smallest absolute Gasteiger partial charge is 0.194 e. The molecule has 2 aliphatic rings. The topological polar surface area (TPSA) is 43.2 Å². The first-order chi connectivity index (χ1) is 25.2. The monoisotopic (exact) mass is 658 g/mol. The fourth-order valence-corrected chi connectivity index (χ4v) is 7.78. The van der Waals surface area contributed by atoms with E-state index in [2.05, 4.69) is 170 Å². The molecular weight excluding hydrogens is 625 g/mol. The van der Waals surface area contributed by atoms with Crippen LogP contribution in [0.15, 0.2) is 180 Å². The lowest BCUT2D eigenvalue weighted by Crippen LogP contribution is -2.13. The van der Waals surface area contributed by atoms with Gasteiger partial charge in [0.15, 0.2) is 24.0 Å². The summed E-state index contributed by atoms with van der Waals surface area (Å²) in [6, 6.07) is 59.8. The summed E-state index contributed by atoms with van der Waals surface area (Å²) in [7, 11) is 0. The van der Waals surface area contributed by atoms with Gasteiger partial charge >= 0.3 is 0 Å². The molecule has 4 atom stereocenters. The number of hydrogen-bond donors (Lipinski definition) is 0. The van der Waals surface area contributed by atoms with Gasteiger partial charge in [-0.3, -0.25) is 0 Å². The molecule has 51 heavy (non-hydrogen) atoms. The Morgan fingerprint density at radius 3 is 0.980 bits per heavy atom. The lowest BCUT2D eigenvalue weighted by atomic mass is 9.93. The molecular formula is C47H34N2O2. The minimum absolute atomic E-state index is 0.208. The molecule has 0 aromatic heterocycles. The predicted octanol–water partition coefficient (Wildman–Crippen LogP) is 11.8. The molecule has 8 aromatic carbocycles. The molecule has 0 amide bonds. The Morgan fingerprint density at radius 1 is 0.333 bits per heavy atom. The Labute approximate surface area is 296 Å². The van der Waals surface area contributed by atoms with Crippen LogP contribution in [0, 0.1) is 0 Å². The van der Waals surface area contributed by atoms with Gasteiger partial charge in [-0.25, -0.2) is 9.98 Å². The van der Waals surface area contributed by atoms with Crippen molar-refractivity contribution >= 4 is 54.9 Å². The molecule has 0 bridgehead atoms. The van der Waals surface area contributed by atoms with Crippen molar-refractivity contribution in [1.82, 2.24) is 0 Å². The van der Waals surface area contributed by atoms with Gasteiger partial charge in [0.1, 0.15) is 12.1 Å². The van der Waals surface area contributed by atoms with Crippen molar-refractivity contribution in [3.63, 3.8) is 0 Å². The van der Waals surface area contributed by atoms with Crippen LogP contribution in [-0.4, -0.2) is 11.8 Å². The van der Waals surface area contributed by atoms with Gasteiger partial charge in [-0.05, 0) is 89.6 Å². The van der Waals surface area contributed by atoms with Crippen LogP contribution in [0.25, 0.3) is 43.1 Å². The fourth-order valence-electron chi connectivity index (χ4n) is 7.78. The summed E-state index contributed by atoms with van der Waals surface area (Å²) in [6.45, 7) is 0. The first kappa shape index (κ1) is 29.6. The lowest BCUT2D eigenvalue weighted by Gasteiger charge is -2.20. The van der Waals surface area contributed by atoms with Crippen molar-refractivity contribution in [2.75, 3.05) is 0 Å². The van der Waals surface area contributed by atoms with Gasteiger partial charge in [-0.15, -0.1) is 0 Å². The highest BCUT2D eigenvalue weighted by Gasteiger charge is 2.38. The zero-order valence-corrected chi connectivity index (χ0v) is 27.9. The van der Waals surface area contributed by atoms with Gasteiger partial charge in [-0.1, -0.05) is 146 Å². The number of benzene rings is 8. The Morgan fingerprint density at radius 2 is 0.627 bits per heavy atom. The van der Waals surface area contributed by atoms with E-state index in [-0.39, 0.29) is 24.3 Å². The van der Waals surface area contributed by atoms with E-state index in [0.717, 1.165) is 22.3 Å². The van der Waals surface area contributed by atoms with Crippen molar-refractivity contribution in [3.05, 3.63) is 192 Å². The quantitative estimate of drug-likeness (QED) is 0.178. The second kappa shape index (κ2) is 12.3. The number of fused-ring (bicyclic) bond motifs is 4. The van der Waals surface area contributed by atoms with E-state index in [1.807, 2.05) is 0 Å².